The van der Waals surface area contributed by atoms with Crippen LogP contribution in [-0.2, 0) is 6.42 Å². The fraction of sp³-hybridized carbons (Fsp3) is 0.448. The van der Waals surface area contributed by atoms with Crippen LogP contribution < -0.4 is 0 Å². The van der Waals surface area contributed by atoms with Gasteiger partial charge in [-0.2, -0.15) is 0 Å². The molecule has 2 aliphatic carbocycles. The molecule has 0 heterocycles. The molecule has 2 aliphatic rings. The molecule has 0 aliphatic heterocycles. The molecule has 2 heteroatoms. The molecule has 0 aromatic heterocycles. The van der Waals surface area contributed by atoms with Gasteiger partial charge in [-0.25, -0.2) is 8.78 Å². The van der Waals surface area contributed by atoms with Crippen LogP contribution in [-0.4, -0.2) is 0 Å². The molecule has 2 aromatic rings. The van der Waals surface area contributed by atoms with E-state index >= 15 is 8.78 Å². The van der Waals surface area contributed by atoms with E-state index in [0.717, 1.165) is 43.6 Å². The minimum absolute atomic E-state index is 0.138. The molecule has 4 unspecified atom stereocenters. The van der Waals surface area contributed by atoms with E-state index in [1.165, 1.54) is 24.8 Å². The van der Waals surface area contributed by atoms with Crippen LogP contribution in [0.2, 0.25) is 0 Å². The van der Waals surface area contributed by atoms with E-state index < -0.39 is 11.6 Å². The van der Waals surface area contributed by atoms with Crippen LogP contribution in [0.3, 0.4) is 0 Å². The first-order chi connectivity index (χ1) is 15.1. The fourth-order valence-corrected chi connectivity index (χ4v) is 5.79. The van der Waals surface area contributed by atoms with Crippen LogP contribution in [0.5, 0.6) is 0 Å². The van der Waals surface area contributed by atoms with Gasteiger partial charge in [0.1, 0.15) is 0 Å². The van der Waals surface area contributed by atoms with Gasteiger partial charge in [-0.3, -0.25) is 0 Å². The minimum Gasteiger partial charge on any atom is -0.203 e. The standard InChI is InChI=1S/C29H34F2/c1-3-5-6-7-21-9-11-22(12-10-21)26-16-17-27(29(31)28(26)30)25-15-14-23-18-20(4-2)8-13-24(23)19-25/h3-5,9-12,16-17,20,23-25H,2,6-8,13-15,18-19H2,1H3/b5-3+. The number of fused-ring (bicyclic) bond motifs is 1. The lowest BCUT2D eigenvalue weighted by molar-refractivity contribution is 0.132. The number of hydrogen-bond acceptors (Lipinski definition) is 0. The summed E-state index contributed by atoms with van der Waals surface area (Å²) in [7, 11) is 0. The van der Waals surface area contributed by atoms with Crippen molar-refractivity contribution in [2.75, 3.05) is 0 Å². The average molecular weight is 421 g/mol. The minimum atomic E-state index is -0.698. The molecule has 31 heavy (non-hydrogen) atoms. The Kier molecular flexibility index (Phi) is 7.05. The number of halogens is 2. The van der Waals surface area contributed by atoms with Gasteiger partial charge >= 0.3 is 0 Å². The van der Waals surface area contributed by atoms with E-state index in [1.54, 1.807) is 6.07 Å². The second kappa shape index (κ2) is 9.94. The van der Waals surface area contributed by atoms with Gasteiger partial charge in [-0.1, -0.05) is 54.6 Å². The smallest absolute Gasteiger partial charge is 0.166 e. The second-order valence-corrected chi connectivity index (χ2v) is 9.47. The van der Waals surface area contributed by atoms with Gasteiger partial charge in [-0.15, -0.1) is 6.58 Å². The normalized spacial score (nSPS) is 26.0. The number of allylic oxidation sites excluding steroid dienone is 3. The van der Waals surface area contributed by atoms with Crippen molar-refractivity contribution in [3.05, 3.63) is 84.0 Å². The summed E-state index contributed by atoms with van der Waals surface area (Å²) in [4.78, 5) is 0. The summed E-state index contributed by atoms with van der Waals surface area (Å²) >= 11 is 0. The Bertz CT molecular complexity index is 924. The summed E-state index contributed by atoms with van der Waals surface area (Å²) in [5.41, 5.74) is 2.89. The van der Waals surface area contributed by atoms with Gasteiger partial charge in [0.25, 0.3) is 0 Å². The Hall–Kier alpha value is -2.22. The van der Waals surface area contributed by atoms with E-state index in [2.05, 4.69) is 18.7 Å². The van der Waals surface area contributed by atoms with Gasteiger partial charge in [-0.05, 0) is 98.7 Å². The highest BCUT2D eigenvalue weighted by atomic mass is 19.2. The Morgan fingerprint density at radius 1 is 0.903 bits per heavy atom. The van der Waals surface area contributed by atoms with Gasteiger partial charge in [0, 0.05) is 5.56 Å². The zero-order chi connectivity index (χ0) is 21.8. The number of benzene rings is 2. The number of aryl methyl sites for hydroxylation is 1. The maximum absolute atomic E-state index is 15.2. The van der Waals surface area contributed by atoms with Crippen molar-refractivity contribution in [1.29, 1.82) is 0 Å². The highest BCUT2D eigenvalue weighted by Gasteiger charge is 2.36. The first-order valence-corrected chi connectivity index (χ1v) is 11.9. The van der Waals surface area contributed by atoms with Gasteiger partial charge in [0.15, 0.2) is 11.6 Å². The third kappa shape index (κ3) is 4.84. The lowest BCUT2D eigenvalue weighted by Crippen LogP contribution is -2.30. The number of hydrogen-bond donors (Lipinski definition) is 0. The van der Waals surface area contributed by atoms with Crippen molar-refractivity contribution in [1.82, 2.24) is 0 Å². The van der Waals surface area contributed by atoms with Crippen LogP contribution in [0.15, 0.2) is 61.2 Å². The topological polar surface area (TPSA) is 0 Å². The zero-order valence-electron chi connectivity index (χ0n) is 18.6. The molecular weight excluding hydrogens is 386 g/mol. The van der Waals surface area contributed by atoms with E-state index in [-0.39, 0.29) is 5.92 Å². The quantitative estimate of drug-likeness (QED) is 0.410. The second-order valence-electron chi connectivity index (χ2n) is 9.47. The van der Waals surface area contributed by atoms with E-state index in [1.807, 2.05) is 43.3 Å². The van der Waals surface area contributed by atoms with Crippen molar-refractivity contribution < 1.29 is 8.78 Å². The zero-order valence-corrected chi connectivity index (χ0v) is 18.6. The maximum atomic E-state index is 15.2. The lowest BCUT2D eigenvalue weighted by Gasteiger charge is -2.41. The van der Waals surface area contributed by atoms with Crippen LogP contribution in [0.4, 0.5) is 8.78 Å². The third-order valence-corrected chi connectivity index (χ3v) is 7.64. The largest absolute Gasteiger partial charge is 0.203 e. The predicted octanol–water partition coefficient (Wildman–Crippen LogP) is 8.63. The fourth-order valence-electron chi connectivity index (χ4n) is 5.79. The monoisotopic (exact) mass is 420 g/mol. The van der Waals surface area contributed by atoms with E-state index in [9.17, 15) is 0 Å². The van der Waals surface area contributed by atoms with E-state index in [0.29, 0.717) is 23.0 Å². The highest BCUT2D eigenvalue weighted by Crippen LogP contribution is 2.48. The van der Waals surface area contributed by atoms with Crippen LogP contribution in [0.25, 0.3) is 11.1 Å². The summed E-state index contributed by atoms with van der Waals surface area (Å²) in [6.45, 7) is 5.98. The Morgan fingerprint density at radius 3 is 2.39 bits per heavy atom. The molecule has 0 spiro atoms. The predicted molar refractivity (Wildman–Crippen MR) is 126 cm³/mol. The van der Waals surface area contributed by atoms with Crippen molar-refractivity contribution >= 4 is 0 Å². The molecule has 2 fully saturated rings. The molecular formula is C29H34F2. The average Bonchev–Trinajstić information content (AvgIpc) is 2.81. The lowest BCUT2D eigenvalue weighted by atomic mass is 9.64. The Labute approximate surface area is 186 Å². The van der Waals surface area contributed by atoms with Gasteiger partial charge in [0.05, 0.1) is 0 Å². The molecule has 4 atom stereocenters. The van der Waals surface area contributed by atoms with Crippen molar-refractivity contribution in [3.63, 3.8) is 0 Å². The van der Waals surface area contributed by atoms with Crippen LogP contribution in [0.1, 0.15) is 68.9 Å². The summed E-state index contributed by atoms with van der Waals surface area (Å²) < 4.78 is 30.2. The summed E-state index contributed by atoms with van der Waals surface area (Å²) in [5, 5.41) is 0. The van der Waals surface area contributed by atoms with E-state index in [4.69, 9.17) is 0 Å². The van der Waals surface area contributed by atoms with Gasteiger partial charge < -0.3 is 0 Å². The summed E-state index contributed by atoms with van der Waals surface area (Å²) in [6, 6.07) is 11.5. The molecule has 2 aromatic carbocycles. The number of rotatable bonds is 6. The third-order valence-electron chi connectivity index (χ3n) is 7.64. The van der Waals surface area contributed by atoms with Crippen LogP contribution in [0, 0.1) is 29.4 Å². The Morgan fingerprint density at radius 2 is 1.65 bits per heavy atom. The van der Waals surface area contributed by atoms with Crippen molar-refractivity contribution in [3.8, 4) is 11.1 Å². The molecule has 0 N–H and O–H groups in total. The SMILES string of the molecule is C=CC1CCC2CC(c3ccc(-c4ccc(CC/C=C/C)cc4)c(F)c3F)CCC2C1. The summed E-state index contributed by atoms with van der Waals surface area (Å²) in [5.74, 6) is 0.813. The molecule has 0 radical (unpaired) electrons. The molecule has 0 saturated heterocycles. The van der Waals surface area contributed by atoms with Crippen molar-refractivity contribution in [2.24, 2.45) is 17.8 Å². The van der Waals surface area contributed by atoms with Crippen molar-refractivity contribution in [2.45, 2.75) is 64.2 Å². The highest BCUT2D eigenvalue weighted by molar-refractivity contribution is 5.65. The molecule has 4 rings (SSSR count). The molecule has 2 saturated carbocycles. The Balaban J connectivity index is 1.48. The first kappa shape index (κ1) is 22.0. The van der Waals surface area contributed by atoms with Crippen LogP contribution >= 0.6 is 0 Å². The maximum Gasteiger partial charge on any atom is 0.166 e. The molecule has 0 nitrogen and oxygen atoms in total. The summed E-state index contributed by atoms with van der Waals surface area (Å²) in [6.07, 6.45) is 14.9. The van der Waals surface area contributed by atoms with Gasteiger partial charge in [0.2, 0.25) is 0 Å². The molecule has 0 amide bonds. The first-order valence-electron chi connectivity index (χ1n) is 11.9. The molecule has 0 bridgehead atoms. The molecule has 164 valence electrons.